The first-order valence-electron chi connectivity index (χ1n) is 6.78. The van der Waals surface area contributed by atoms with Crippen LogP contribution in [0.4, 0.5) is 5.82 Å². The molecule has 1 saturated carbocycles. The molecule has 4 heteroatoms. The van der Waals surface area contributed by atoms with E-state index in [0.717, 1.165) is 22.8 Å². The van der Waals surface area contributed by atoms with E-state index in [9.17, 15) is 0 Å². The number of imidazole rings is 1. The van der Waals surface area contributed by atoms with Gasteiger partial charge < -0.3 is 9.88 Å². The Kier molecular flexibility index (Phi) is 2.94. The second kappa shape index (κ2) is 4.59. The van der Waals surface area contributed by atoms with Crippen LogP contribution < -0.4 is 5.32 Å². The molecule has 4 nitrogen and oxygen atoms in total. The number of aryl methyl sites for hydroxylation is 1. The van der Waals surface area contributed by atoms with Gasteiger partial charge in [0.2, 0.25) is 0 Å². The molecule has 2 atom stereocenters. The molecule has 0 spiro atoms. The van der Waals surface area contributed by atoms with Crippen LogP contribution in [0.25, 0.3) is 11.0 Å². The quantitative estimate of drug-likeness (QED) is 0.883. The number of rotatable bonds is 2. The third-order valence-corrected chi connectivity index (χ3v) is 4.08. The van der Waals surface area contributed by atoms with E-state index in [2.05, 4.69) is 22.2 Å². The second-order valence-corrected chi connectivity index (χ2v) is 5.40. The highest BCUT2D eigenvalue weighted by atomic mass is 15.1. The molecule has 1 N–H and O–H groups in total. The molecule has 0 saturated heterocycles. The number of pyridine rings is 1. The van der Waals surface area contributed by atoms with Crippen LogP contribution in [0.15, 0.2) is 18.6 Å². The van der Waals surface area contributed by atoms with E-state index in [1.54, 1.807) is 0 Å². The maximum Gasteiger partial charge on any atom is 0.154 e. The predicted octanol–water partition coefficient (Wildman–Crippen LogP) is 2.96. The second-order valence-electron chi connectivity index (χ2n) is 5.40. The standard InChI is InChI=1S/C14H20N4/c1-10-5-3-4-6-11(10)17-14-13-12(7-8-15-14)18(2)9-16-13/h7-11H,3-6H2,1-2H3,(H,15,17). The summed E-state index contributed by atoms with van der Waals surface area (Å²) in [5, 5.41) is 3.60. The Balaban J connectivity index is 1.90. The summed E-state index contributed by atoms with van der Waals surface area (Å²) in [6.45, 7) is 2.33. The highest BCUT2D eigenvalue weighted by molar-refractivity contribution is 5.85. The smallest absolute Gasteiger partial charge is 0.154 e. The van der Waals surface area contributed by atoms with E-state index >= 15 is 0 Å². The van der Waals surface area contributed by atoms with Crippen LogP contribution in [0.2, 0.25) is 0 Å². The van der Waals surface area contributed by atoms with Gasteiger partial charge in [-0.25, -0.2) is 9.97 Å². The zero-order chi connectivity index (χ0) is 12.5. The van der Waals surface area contributed by atoms with Crippen molar-refractivity contribution in [2.75, 3.05) is 5.32 Å². The van der Waals surface area contributed by atoms with Gasteiger partial charge in [-0.3, -0.25) is 0 Å². The summed E-state index contributed by atoms with van der Waals surface area (Å²) >= 11 is 0. The summed E-state index contributed by atoms with van der Waals surface area (Å²) in [5.41, 5.74) is 2.12. The van der Waals surface area contributed by atoms with Crippen molar-refractivity contribution < 1.29 is 0 Å². The molecular weight excluding hydrogens is 224 g/mol. The Morgan fingerprint density at radius 3 is 2.94 bits per heavy atom. The van der Waals surface area contributed by atoms with Crippen molar-refractivity contribution in [3.05, 3.63) is 18.6 Å². The zero-order valence-electron chi connectivity index (χ0n) is 11.1. The van der Waals surface area contributed by atoms with Crippen LogP contribution in [0, 0.1) is 5.92 Å². The Hall–Kier alpha value is -1.58. The molecule has 2 heterocycles. The van der Waals surface area contributed by atoms with Gasteiger partial charge in [0, 0.05) is 19.3 Å². The number of fused-ring (bicyclic) bond motifs is 1. The Bertz CT molecular complexity index is 546. The number of nitrogens with zero attached hydrogens (tertiary/aromatic N) is 3. The van der Waals surface area contributed by atoms with Crippen LogP contribution >= 0.6 is 0 Å². The molecule has 18 heavy (non-hydrogen) atoms. The summed E-state index contributed by atoms with van der Waals surface area (Å²) in [5.74, 6) is 1.66. The molecule has 2 aromatic rings. The summed E-state index contributed by atoms with van der Waals surface area (Å²) in [6, 6.07) is 2.55. The monoisotopic (exact) mass is 244 g/mol. The van der Waals surface area contributed by atoms with E-state index in [1.165, 1.54) is 25.7 Å². The van der Waals surface area contributed by atoms with E-state index in [-0.39, 0.29) is 0 Å². The molecule has 2 unspecified atom stereocenters. The van der Waals surface area contributed by atoms with Crippen molar-refractivity contribution in [1.82, 2.24) is 14.5 Å². The van der Waals surface area contributed by atoms with Crippen LogP contribution in [0.5, 0.6) is 0 Å². The lowest BCUT2D eigenvalue weighted by Gasteiger charge is -2.29. The minimum absolute atomic E-state index is 0.541. The van der Waals surface area contributed by atoms with Crippen molar-refractivity contribution in [3.63, 3.8) is 0 Å². The van der Waals surface area contributed by atoms with Crippen molar-refractivity contribution in [3.8, 4) is 0 Å². The van der Waals surface area contributed by atoms with Gasteiger partial charge in [0.05, 0.1) is 11.8 Å². The van der Waals surface area contributed by atoms with Crippen molar-refractivity contribution in [2.45, 2.75) is 38.6 Å². The fourth-order valence-corrected chi connectivity index (χ4v) is 2.87. The molecule has 0 radical (unpaired) electrons. The normalized spacial score (nSPS) is 24.3. The van der Waals surface area contributed by atoms with Gasteiger partial charge in [0.15, 0.2) is 5.82 Å². The van der Waals surface area contributed by atoms with E-state index in [4.69, 9.17) is 0 Å². The first-order chi connectivity index (χ1) is 8.75. The fourth-order valence-electron chi connectivity index (χ4n) is 2.87. The van der Waals surface area contributed by atoms with Gasteiger partial charge >= 0.3 is 0 Å². The van der Waals surface area contributed by atoms with E-state index < -0.39 is 0 Å². The molecule has 1 aliphatic rings. The van der Waals surface area contributed by atoms with Gasteiger partial charge in [-0.2, -0.15) is 0 Å². The number of aromatic nitrogens is 3. The van der Waals surface area contributed by atoms with Gasteiger partial charge in [0.25, 0.3) is 0 Å². The maximum atomic E-state index is 4.46. The minimum atomic E-state index is 0.541. The molecule has 0 aliphatic heterocycles. The van der Waals surface area contributed by atoms with Crippen LogP contribution in [-0.2, 0) is 7.05 Å². The third-order valence-electron chi connectivity index (χ3n) is 4.08. The fraction of sp³-hybridized carbons (Fsp3) is 0.571. The number of anilines is 1. The lowest BCUT2D eigenvalue weighted by atomic mass is 9.86. The first kappa shape index (κ1) is 11.5. The molecule has 96 valence electrons. The van der Waals surface area contributed by atoms with Crippen molar-refractivity contribution in [1.29, 1.82) is 0 Å². The summed E-state index contributed by atoms with van der Waals surface area (Å²) in [6.07, 6.45) is 8.95. The van der Waals surface area contributed by atoms with E-state index in [0.29, 0.717) is 6.04 Å². The average Bonchev–Trinajstić information content (AvgIpc) is 2.76. The zero-order valence-corrected chi connectivity index (χ0v) is 11.1. The molecule has 0 bridgehead atoms. The number of nitrogens with one attached hydrogen (secondary N) is 1. The van der Waals surface area contributed by atoms with Crippen LogP contribution in [-0.4, -0.2) is 20.6 Å². The number of hydrogen-bond donors (Lipinski definition) is 1. The molecule has 1 aliphatic carbocycles. The molecular formula is C14H20N4. The lowest BCUT2D eigenvalue weighted by molar-refractivity contribution is 0.349. The maximum absolute atomic E-state index is 4.46. The largest absolute Gasteiger partial charge is 0.365 e. The first-order valence-corrected chi connectivity index (χ1v) is 6.78. The van der Waals surface area contributed by atoms with Crippen LogP contribution in [0.1, 0.15) is 32.6 Å². The van der Waals surface area contributed by atoms with Gasteiger partial charge in [0.1, 0.15) is 5.52 Å². The highest BCUT2D eigenvalue weighted by Crippen LogP contribution is 2.28. The third kappa shape index (κ3) is 1.96. The minimum Gasteiger partial charge on any atom is -0.365 e. The van der Waals surface area contributed by atoms with Gasteiger partial charge in [-0.1, -0.05) is 19.8 Å². The molecule has 0 aromatic carbocycles. The summed E-state index contributed by atoms with van der Waals surface area (Å²) in [7, 11) is 2.02. The van der Waals surface area contributed by atoms with Crippen molar-refractivity contribution >= 4 is 16.9 Å². The average molecular weight is 244 g/mol. The summed E-state index contributed by atoms with van der Waals surface area (Å²) < 4.78 is 2.03. The molecule has 0 amide bonds. The van der Waals surface area contributed by atoms with Gasteiger partial charge in [-0.05, 0) is 24.8 Å². The predicted molar refractivity (Wildman–Crippen MR) is 73.6 cm³/mol. The Labute approximate surface area is 107 Å². The highest BCUT2D eigenvalue weighted by Gasteiger charge is 2.22. The topological polar surface area (TPSA) is 42.7 Å². The molecule has 2 aromatic heterocycles. The van der Waals surface area contributed by atoms with Crippen molar-refractivity contribution in [2.24, 2.45) is 13.0 Å². The SMILES string of the molecule is CC1CCCCC1Nc1nccc2c1ncn2C. The summed E-state index contributed by atoms with van der Waals surface area (Å²) in [4.78, 5) is 8.91. The molecule has 1 fully saturated rings. The van der Waals surface area contributed by atoms with E-state index in [1.807, 2.05) is 30.2 Å². The molecule has 3 rings (SSSR count). The number of hydrogen-bond acceptors (Lipinski definition) is 3. The lowest BCUT2D eigenvalue weighted by Crippen LogP contribution is -2.30. The van der Waals surface area contributed by atoms with Gasteiger partial charge in [-0.15, -0.1) is 0 Å². The Morgan fingerprint density at radius 2 is 2.11 bits per heavy atom. The van der Waals surface area contributed by atoms with Crippen LogP contribution in [0.3, 0.4) is 0 Å². The Morgan fingerprint density at radius 1 is 1.28 bits per heavy atom.